The zero-order valence-electron chi connectivity index (χ0n) is 13.6. The molecule has 1 aromatic carbocycles. The number of hydrogen-bond donors (Lipinski definition) is 2. The van der Waals surface area contributed by atoms with E-state index >= 15 is 0 Å². The van der Waals surface area contributed by atoms with E-state index in [1.165, 1.54) is 29.5 Å². The van der Waals surface area contributed by atoms with Crippen LogP contribution in [0.2, 0.25) is 0 Å². The molecular formula is C19H22N2O3. The van der Waals surface area contributed by atoms with Crippen LogP contribution >= 0.6 is 0 Å². The monoisotopic (exact) mass is 326 g/mol. The van der Waals surface area contributed by atoms with Gasteiger partial charge in [0, 0.05) is 31.1 Å². The highest BCUT2D eigenvalue weighted by molar-refractivity contribution is 5.54. The summed E-state index contributed by atoms with van der Waals surface area (Å²) in [6.45, 7) is 3.06. The van der Waals surface area contributed by atoms with E-state index in [-0.39, 0.29) is 6.10 Å². The lowest BCUT2D eigenvalue weighted by Crippen LogP contribution is -2.55. The van der Waals surface area contributed by atoms with Crippen LogP contribution in [0.1, 0.15) is 29.9 Å². The second-order valence-corrected chi connectivity index (χ2v) is 7.77. The van der Waals surface area contributed by atoms with Crippen molar-refractivity contribution in [1.29, 1.82) is 0 Å². The van der Waals surface area contributed by atoms with Crippen molar-refractivity contribution in [2.24, 2.45) is 5.92 Å². The summed E-state index contributed by atoms with van der Waals surface area (Å²) in [6, 6.07) is 5.16. The molecule has 1 aliphatic carbocycles. The predicted molar refractivity (Wildman–Crippen MR) is 88.1 cm³/mol. The highest BCUT2D eigenvalue weighted by Gasteiger charge is 2.52. The number of aliphatic hydroxyl groups excluding tert-OH is 1. The molecule has 5 atom stereocenters. The van der Waals surface area contributed by atoms with Crippen LogP contribution in [0.15, 0.2) is 23.8 Å². The molecule has 0 bridgehead atoms. The molecule has 126 valence electrons. The van der Waals surface area contributed by atoms with E-state index in [1.54, 1.807) is 0 Å². The fraction of sp³-hybridized carbons (Fsp3) is 0.579. The molecule has 0 aromatic heterocycles. The van der Waals surface area contributed by atoms with Crippen molar-refractivity contribution in [3.05, 3.63) is 34.9 Å². The van der Waals surface area contributed by atoms with Gasteiger partial charge >= 0.3 is 0 Å². The van der Waals surface area contributed by atoms with Crippen LogP contribution in [0.5, 0.6) is 11.5 Å². The topological polar surface area (TPSA) is 54.0 Å². The van der Waals surface area contributed by atoms with Crippen LogP contribution in [0, 0.1) is 5.92 Å². The largest absolute Gasteiger partial charge is 0.454 e. The number of nitrogens with zero attached hydrogens (tertiary/aromatic N) is 1. The van der Waals surface area contributed by atoms with Gasteiger partial charge < -0.3 is 19.9 Å². The third kappa shape index (κ3) is 1.70. The molecule has 2 N–H and O–H groups in total. The number of benzene rings is 1. The van der Waals surface area contributed by atoms with Crippen LogP contribution < -0.4 is 14.8 Å². The van der Waals surface area contributed by atoms with Gasteiger partial charge in [0.05, 0.1) is 6.10 Å². The second kappa shape index (κ2) is 4.75. The summed E-state index contributed by atoms with van der Waals surface area (Å²) in [7, 11) is 0. The fourth-order valence-corrected chi connectivity index (χ4v) is 5.65. The van der Waals surface area contributed by atoms with E-state index in [0.29, 0.717) is 30.7 Å². The molecule has 4 aliphatic heterocycles. The Morgan fingerprint density at radius 2 is 2.08 bits per heavy atom. The molecule has 2 saturated heterocycles. The summed E-state index contributed by atoms with van der Waals surface area (Å²) in [4.78, 5) is 2.46. The van der Waals surface area contributed by atoms with Gasteiger partial charge in [0.15, 0.2) is 11.5 Å². The molecule has 2 fully saturated rings. The highest BCUT2D eigenvalue weighted by Crippen LogP contribution is 2.51. The van der Waals surface area contributed by atoms with Crippen LogP contribution in [0.3, 0.4) is 0 Å². The maximum atomic E-state index is 10.6. The number of aliphatic hydroxyl groups is 1. The molecule has 0 spiro atoms. The standard InChI is InChI=1S/C19H22N2O3/c22-14-8-21-7-11-5-15-16(24-9-23-15)6-12(11)17-18-10(2-1-3-20-18)4-13(14)19(17)21/h4-6,10,14,17-20,22H,1-3,7-9H2/t10-,14-,17+,18-,19+/m0/s1. The van der Waals surface area contributed by atoms with Gasteiger partial charge in [-0.2, -0.15) is 0 Å². The Morgan fingerprint density at radius 3 is 3.00 bits per heavy atom. The number of ether oxygens (including phenoxy) is 2. The van der Waals surface area contributed by atoms with Crippen molar-refractivity contribution in [3.63, 3.8) is 0 Å². The summed E-state index contributed by atoms with van der Waals surface area (Å²) in [5, 5.41) is 14.4. The lowest BCUT2D eigenvalue weighted by molar-refractivity contribution is 0.142. The Balaban J connectivity index is 1.54. The van der Waals surface area contributed by atoms with Gasteiger partial charge in [-0.25, -0.2) is 0 Å². The first kappa shape index (κ1) is 13.7. The van der Waals surface area contributed by atoms with E-state index < -0.39 is 0 Å². The maximum absolute atomic E-state index is 10.6. The lowest BCUT2D eigenvalue weighted by Gasteiger charge is -2.49. The molecule has 4 heterocycles. The highest BCUT2D eigenvalue weighted by atomic mass is 16.7. The predicted octanol–water partition coefficient (Wildman–Crippen LogP) is 1.37. The second-order valence-electron chi connectivity index (χ2n) is 7.77. The molecule has 0 amide bonds. The zero-order valence-corrected chi connectivity index (χ0v) is 13.6. The summed E-state index contributed by atoms with van der Waals surface area (Å²) in [5.41, 5.74) is 3.99. The Hall–Kier alpha value is -1.56. The third-order valence-corrected chi connectivity index (χ3v) is 6.58. The van der Waals surface area contributed by atoms with Crippen LogP contribution in [-0.2, 0) is 6.54 Å². The Labute approximate surface area is 141 Å². The Kier molecular flexibility index (Phi) is 2.71. The van der Waals surface area contributed by atoms with Gasteiger partial charge in [-0.3, -0.25) is 4.90 Å². The van der Waals surface area contributed by atoms with E-state index in [2.05, 4.69) is 28.4 Å². The van der Waals surface area contributed by atoms with Crippen LogP contribution in [0.4, 0.5) is 0 Å². The minimum atomic E-state index is -0.311. The van der Waals surface area contributed by atoms with Crippen molar-refractivity contribution < 1.29 is 14.6 Å². The molecule has 5 nitrogen and oxygen atoms in total. The first-order chi connectivity index (χ1) is 11.8. The number of hydrogen-bond acceptors (Lipinski definition) is 5. The SMILES string of the molecule is O[C@H]1CN2Cc3cc4c(cc3[C@@H]3[C@H]5NCCC[C@H]5C=C1[C@H]32)OCO4. The normalized spacial score (nSPS) is 39.0. The first-order valence-corrected chi connectivity index (χ1v) is 9.09. The van der Waals surface area contributed by atoms with Gasteiger partial charge in [-0.1, -0.05) is 6.08 Å². The smallest absolute Gasteiger partial charge is 0.231 e. The van der Waals surface area contributed by atoms with Crippen LogP contribution in [-0.4, -0.2) is 48.1 Å². The minimum absolute atomic E-state index is 0.311. The van der Waals surface area contributed by atoms with E-state index in [1.807, 2.05) is 0 Å². The molecule has 1 aromatic rings. The number of rotatable bonds is 0. The lowest BCUT2D eigenvalue weighted by atomic mass is 9.67. The van der Waals surface area contributed by atoms with E-state index in [0.717, 1.165) is 31.1 Å². The van der Waals surface area contributed by atoms with E-state index in [4.69, 9.17) is 9.47 Å². The van der Waals surface area contributed by atoms with Gasteiger partial charge in [0.1, 0.15) is 0 Å². The van der Waals surface area contributed by atoms with Gasteiger partial charge in [0.25, 0.3) is 0 Å². The summed E-state index contributed by atoms with van der Waals surface area (Å²) >= 11 is 0. The summed E-state index contributed by atoms with van der Waals surface area (Å²) in [6.07, 6.45) is 4.52. The van der Waals surface area contributed by atoms with Crippen molar-refractivity contribution in [3.8, 4) is 11.5 Å². The molecule has 0 radical (unpaired) electrons. The molecule has 0 unspecified atom stereocenters. The fourth-order valence-electron chi connectivity index (χ4n) is 5.65. The Morgan fingerprint density at radius 1 is 1.21 bits per heavy atom. The van der Waals surface area contributed by atoms with Crippen molar-refractivity contribution >= 4 is 0 Å². The van der Waals surface area contributed by atoms with Gasteiger partial charge in [0.2, 0.25) is 6.79 Å². The molecule has 5 aliphatic rings. The van der Waals surface area contributed by atoms with Crippen molar-refractivity contribution in [2.45, 2.75) is 43.5 Å². The third-order valence-electron chi connectivity index (χ3n) is 6.58. The average Bonchev–Trinajstić information content (AvgIpc) is 3.17. The number of fused-ring (bicyclic) bond motifs is 5. The van der Waals surface area contributed by atoms with Crippen LogP contribution in [0.25, 0.3) is 0 Å². The van der Waals surface area contributed by atoms with E-state index in [9.17, 15) is 5.11 Å². The van der Waals surface area contributed by atoms with Crippen molar-refractivity contribution in [2.75, 3.05) is 19.9 Å². The molecule has 5 heteroatoms. The zero-order chi connectivity index (χ0) is 15.8. The quantitative estimate of drug-likeness (QED) is 0.705. The molecular weight excluding hydrogens is 304 g/mol. The van der Waals surface area contributed by atoms with Crippen molar-refractivity contribution in [1.82, 2.24) is 10.2 Å². The Bertz CT molecular complexity index is 746. The summed E-state index contributed by atoms with van der Waals surface area (Å²) in [5.74, 6) is 2.67. The molecule has 0 saturated carbocycles. The maximum Gasteiger partial charge on any atom is 0.231 e. The molecule has 6 rings (SSSR count). The van der Waals surface area contributed by atoms with Gasteiger partial charge in [-0.15, -0.1) is 0 Å². The summed E-state index contributed by atoms with van der Waals surface area (Å²) < 4.78 is 11.2. The number of nitrogens with one attached hydrogen (secondary N) is 1. The molecule has 24 heavy (non-hydrogen) atoms. The van der Waals surface area contributed by atoms with Gasteiger partial charge in [-0.05, 0) is 54.1 Å². The average molecular weight is 326 g/mol. The first-order valence-electron chi connectivity index (χ1n) is 9.09. The minimum Gasteiger partial charge on any atom is -0.454 e. The number of piperidine rings is 1.